The maximum atomic E-state index is 13.1. The quantitative estimate of drug-likeness (QED) is 0.242. The van der Waals surface area contributed by atoms with Crippen LogP contribution < -0.4 is 0 Å². The van der Waals surface area contributed by atoms with Gasteiger partial charge in [-0.25, -0.2) is 14.4 Å². The van der Waals surface area contributed by atoms with Crippen molar-refractivity contribution in [3.05, 3.63) is 58.7 Å². The third kappa shape index (κ3) is 7.52. The van der Waals surface area contributed by atoms with E-state index in [4.69, 9.17) is 18.9 Å². The van der Waals surface area contributed by atoms with E-state index in [9.17, 15) is 24.3 Å². The summed E-state index contributed by atoms with van der Waals surface area (Å²) < 4.78 is 21.9. The minimum atomic E-state index is -0.831. The fraction of sp³-hybridized carbons (Fsp3) is 0.481. The molecule has 1 N–H and O–H groups in total. The molecule has 36 heavy (non-hydrogen) atoms. The fourth-order valence-electron chi connectivity index (χ4n) is 3.92. The number of carbonyl (C=O) groups excluding carboxylic acids is 4. The zero-order chi connectivity index (χ0) is 27.0. The third-order valence-electron chi connectivity index (χ3n) is 6.08. The topological polar surface area (TPSA) is 125 Å². The standard InChI is InChI=1S/C27H34O9/c1-7-16(3)25(30)33-14-20(10-11-28)27(32)36-22-12-15(2)8-9-21(34-19(6)29)17(4)13-23-24(22)18(5)26(31)35-23/h7-8,10,13,21-24,28H,5,9,11-12,14H2,1-4,6H3. The van der Waals surface area contributed by atoms with Gasteiger partial charge in [-0.2, -0.15) is 0 Å². The molecule has 0 aromatic rings. The largest absolute Gasteiger partial charge is 0.458 e. The average molecular weight is 503 g/mol. The first-order valence-electron chi connectivity index (χ1n) is 11.7. The molecule has 2 rings (SSSR count). The highest BCUT2D eigenvalue weighted by molar-refractivity contribution is 5.93. The number of carbonyl (C=O) groups is 4. The predicted octanol–water partition coefficient (Wildman–Crippen LogP) is 3.04. The number of aliphatic hydroxyl groups excluding tert-OH is 1. The van der Waals surface area contributed by atoms with Crippen LogP contribution in [0.5, 0.6) is 0 Å². The number of allylic oxidation sites excluding steroid dienone is 1. The molecule has 1 aliphatic carbocycles. The Morgan fingerprint density at radius 1 is 1.19 bits per heavy atom. The second-order valence-electron chi connectivity index (χ2n) is 8.82. The molecule has 1 saturated heterocycles. The lowest BCUT2D eigenvalue weighted by Gasteiger charge is -2.28. The molecular formula is C27H34O9. The Bertz CT molecular complexity index is 1030. The van der Waals surface area contributed by atoms with Crippen LogP contribution in [0.4, 0.5) is 0 Å². The van der Waals surface area contributed by atoms with Gasteiger partial charge in [-0.15, -0.1) is 0 Å². The molecular weight excluding hydrogens is 468 g/mol. The minimum Gasteiger partial charge on any atom is -0.458 e. The Morgan fingerprint density at radius 2 is 1.89 bits per heavy atom. The second kappa shape index (κ2) is 13.0. The van der Waals surface area contributed by atoms with Crippen molar-refractivity contribution in [3.8, 4) is 0 Å². The Kier molecular flexibility index (Phi) is 10.4. The van der Waals surface area contributed by atoms with Crippen LogP contribution in [0, 0.1) is 5.92 Å². The lowest BCUT2D eigenvalue weighted by atomic mass is 9.85. The molecule has 196 valence electrons. The number of ether oxygens (including phenoxy) is 4. The van der Waals surface area contributed by atoms with Crippen molar-refractivity contribution < 1.29 is 43.2 Å². The summed E-state index contributed by atoms with van der Waals surface area (Å²) in [6.45, 7) is 11.2. The van der Waals surface area contributed by atoms with Crippen LogP contribution >= 0.6 is 0 Å². The van der Waals surface area contributed by atoms with Gasteiger partial charge in [0.1, 0.15) is 24.9 Å². The fourth-order valence-corrected chi connectivity index (χ4v) is 3.92. The number of hydrogen-bond acceptors (Lipinski definition) is 9. The highest BCUT2D eigenvalue weighted by Crippen LogP contribution is 2.36. The molecule has 1 heterocycles. The van der Waals surface area contributed by atoms with E-state index in [-0.39, 0.29) is 17.6 Å². The second-order valence-corrected chi connectivity index (χ2v) is 8.82. The van der Waals surface area contributed by atoms with E-state index in [1.165, 1.54) is 13.0 Å². The first kappa shape index (κ1) is 28.8. The van der Waals surface area contributed by atoms with Crippen molar-refractivity contribution in [1.82, 2.24) is 0 Å². The Labute approximate surface area is 211 Å². The van der Waals surface area contributed by atoms with Gasteiger partial charge in [0.15, 0.2) is 0 Å². The number of rotatable bonds is 7. The van der Waals surface area contributed by atoms with Crippen LogP contribution in [0.3, 0.4) is 0 Å². The van der Waals surface area contributed by atoms with Crippen LogP contribution in [-0.4, -0.2) is 60.5 Å². The molecule has 0 radical (unpaired) electrons. The van der Waals surface area contributed by atoms with Gasteiger partial charge in [0.25, 0.3) is 0 Å². The van der Waals surface area contributed by atoms with Crippen molar-refractivity contribution in [1.29, 1.82) is 0 Å². The van der Waals surface area contributed by atoms with Crippen LogP contribution in [0.25, 0.3) is 0 Å². The Balaban J connectivity index is 2.35. The van der Waals surface area contributed by atoms with Crippen molar-refractivity contribution in [3.63, 3.8) is 0 Å². The van der Waals surface area contributed by atoms with Gasteiger partial charge in [-0.05, 0) is 45.4 Å². The summed E-state index contributed by atoms with van der Waals surface area (Å²) in [5.74, 6) is -3.13. The van der Waals surface area contributed by atoms with Crippen molar-refractivity contribution in [2.75, 3.05) is 13.2 Å². The summed E-state index contributed by atoms with van der Waals surface area (Å²) in [4.78, 5) is 49.1. The molecule has 4 atom stereocenters. The first-order valence-corrected chi connectivity index (χ1v) is 11.7. The van der Waals surface area contributed by atoms with E-state index in [0.29, 0.717) is 17.6 Å². The van der Waals surface area contributed by atoms with Gasteiger partial charge in [0.05, 0.1) is 18.1 Å². The highest BCUT2D eigenvalue weighted by atomic mass is 16.6. The van der Waals surface area contributed by atoms with Crippen molar-refractivity contribution >= 4 is 23.9 Å². The lowest BCUT2D eigenvalue weighted by Crippen LogP contribution is -2.35. The summed E-state index contributed by atoms with van der Waals surface area (Å²) in [6, 6.07) is 0. The van der Waals surface area contributed by atoms with E-state index in [1.54, 1.807) is 32.9 Å². The normalized spacial score (nSPS) is 25.2. The van der Waals surface area contributed by atoms with Crippen LogP contribution in [0.2, 0.25) is 0 Å². The molecule has 1 aliphatic heterocycles. The molecule has 0 amide bonds. The van der Waals surface area contributed by atoms with E-state index >= 15 is 0 Å². The van der Waals surface area contributed by atoms with Gasteiger partial charge in [0.2, 0.25) is 0 Å². The van der Waals surface area contributed by atoms with E-state index < -0.39 is 61.3 Å². The molecule has 0 bridgehead atoms. The van der Waals surface area contributed by atoms with E-state index in [1.807, 2.05) is 13.0 Å². The third-order valence-corrected chi connectivity index (χ3v) is 6.08. The van der Waals surface area contributed by atoms with Gasteiger partial charge in [-0.3, -0.25) is 4.79 Å². The maximum absolute atomic E-state index is 13.1. The predicted molar refractivity (Wildman–Crippen MR) is 130 cm³/mol. The van der Waals surface area contributed by atoms with Crippen molar-refractivity contribution in [2.24, 2.45) is 5.92 Å². The summed E-state index contributed by atoms with van der Waals surface area (Å²) in [7, 11) is 0. The molecule has 1 fully saturated rings. The zero-order valence-electron chi connectivity index (χ0n) is 21.4. The number of esters is 4. The smallest absolute Gasteiger partial charge is 0.337 e. The van der Waals surface area contributed by atoms with Gasteiger partial charge >= 0.3 is 23.9 Å². The molecule has 2 aliphatic rings. The first-order chi connectivity index (χ1) is 17.0. The summed E-state index contributed by atoms with van der Waals surface area (Å²) >= 11 is 0. The monoisotopic (exact) mass is 502 g/mol. The highest BCUT2D eigenvalue weighted by Gasteiger charge is 2.45. The summed E-state index contributed by atoms with van der Waals surface area (Å²) in [5.41, 5.74) is 2.01. The molecule has 0 aromatic heterocycles. The van der Waals surface area contributed by atoms with Gasteiger partial charge in [0, 0.05) is 30.9 Å². The molecule has 4 unspecified atom stereocenters. The Morgan fingerprint density at radius 3 is 2.50 bits per heavy atom. The number of aliphatic hydroxyl groups is 1. The van der Waals surface area contributed by atoms with E-state index in [2.05, 4.69) is 6.58 Å². The zero-order valence-corrected chi connectivity index (χ0v) is 21.4. The molecule has 0 saturated carbocycles. The maximum Gasteiger partial charge on any atom is 0.337 e. The average Bonchev–Trinajstić information content (AvgIpc) is 3.09. The molecule has 0 spiro atoms. The molecule has 9 nitrogen and oxygen atoms in total. The van der Waals surface area contributed by atoms with Crippen LogP contribution in [-0.2, 0) is 38.1 Å². The number of fused-ring (bicyclic) bond motifs is 1. The van der Waals surface area contributed by atoms with Crippen LogP contribution in [0.1, 0.15) is 47.5 Å². The minimum absolute atomic E-state index is 0.0393. The molecule has 9 heteroatoms. The van der Waals surface area contributed by atoms with Gasteiger partial charge in [-0.1, -0.05) is 24.3 Å². The summed E-state index contributed by atoms with van der Waals surface area (Å²) in [5, 5.41) is 9.38. The molecule has 0 aromatic carbocycles. The SMILES string of the molecule is C=C1C(=O)OC2C=C(C)C(OC(C)=O)CC=C(C)CC(OC(=O)C(=CCO)COC(=O)C(C)=CC)C12. The number of hydrogen-bond donors (Lipinski definition) is 1. The lowest BCUT2D eigenvalue weighted by molar-refractivity contribution is -0.149. The van der Waals surface area contributed by atoms with E-state index in [0.717, 1.165) is 5.57 Å². The van der Waals surface area contributed by atoms with Gasteiger partial charge < -0.3 is 24.1 Å². The van der Waals surface area contributed by atoms with Crippen LogP contribution in [0.15, 0.2) is 58.7 Å². The Hall–Kier alpha value is -3.46. The summed E-state index contributed by atoms with van der Waals surface area (Å²) in [6.07, 6.45) is 4.88. The van der Waals surface area contributed by atoms with Crippen molar-refractivity contribution in [2.45, 2.75) is 65.8 Å².